The minimum absolute atomic E-state index is 1.26. The van der Waals surface area contributed by atoms with Gasteiger partial charge < -0.3 is 0 Å². The van der Waals surface area contributed by atoms with E-state index in [2.05, 4.69) is 74.3 Å². The third-order valence-corrected chi connectivity index (χ3v) is 3.67. The molecule has 2 heterocycles. The van der Waals surface area contributed by atoms with E-state index in [0.717, 1.165) is 0 Å². The maximum Gasteiger partial charge on any atom is 0.218 e. The molecule has 0 amide bonds. The van der Waals surface area contributed by atoms with Gasteiger partial charge in [-0.25, -0.2) is 4.57 Å². The number of aromatic nitrogens is 2. The second-order valence-corrected chi connectivity index (χ2v) is 4.64. The molecule has 0 aliphatic rings. The highest BCUT2D eigenvalue weighted by atomic mass is 15.0. The third kappa shape index (κ3) is 1.95. The molecule has 0 spiro atoms. The Bertz CT molecular complexity index is 571. The van der Waals surface area contributed by atoms with Crippen LogP contribution < -0.4 is 9.13 Å². The largest absolute Gasteiger partial charge is 0.218 e. The molecule has 0 fully saturated rings. The predicted octanol–water partition coefficient (Wildman–Crippen LogP) is 1.93. The first kappa shape index (κ1) is 11.8. The lowest BCUT2D eigenvalue weighted by atomic mass is 10.1. The molecule has 2 rings (SSSR count). The summed E-state index contributed by atoms with van der Waals surface area (Å²) in [6, 6.07) is 10.8. The summed E-state index contributed by atoms with van der Waals surface area (Å²) in [6.45, 7) is 6.44. The highest BCUT2D eigenvalue weighted by molar-refractivity contribution is 5.57. The summed E-state index contributed by atoms with van der Waals surface area (Å²) >= 11 is 0. The van der Waals surface area contributed by atoms with E-state index in [1.54, 1.807) is 0 Å². The van der Waals surface area contributed by atoms with E-state index in [4.69, 9.17) is 0 Å². The first-order valence-corrected chi connectivity index (χ1v) is 5.94. The average Bonchev–Trinajstić information content (AvgIpc) is 2.31. The lowest BCUT2D eigenvalue weighted by Gasteiger charge is -2.05. The summed E-state index contributed by atoms with van der Waals surface area (Å²) < 4.78 is 4.47. The summed E-state index contributed by atoms with van der Waals surface area (Å²) in [5, 5.41) is 0. The Kier molecular flexibility index (Phi) is 2.97. The Hall–Kier alpha value is -1.70. The molecule has 0 radical (unpaired) electrons. The highest BCUT2D eigenvalue weighted by Crippen LogP contribution is 2.17. The van der Waals surface area contributed by atoms with Crippen molar-refractivity contribution in [2.24, 2.45) is 14.1 Å². The Morgan fingerprint density at radius 3 is 2.12 bits per heavy atom. The summed E-state index contributed by atoms with van der Waals surface area (Å²) in [6.07, 6.45) is 0. The molecule has 2 nitrogen and oxygen atoms in total. The molecule has 0 saturated carbocycles. The minimum Gasteiger partial charge on any atom is -0.202 e. The van der Waals surface area contributed by atoms with Crippen molar-refractivity contribution in [2.45, 2.75) is 20.8 Å². The van der Waals surface area contributed by atoms with E-state index in [-0.39, 0.29) is 0 Å². The van der Waals surface area contributed by atoms with Gasteiger partial charge in [0.15, 0.2) is 17.1 Å². The number of hydrogen-bond donors (Lipinski definition) is 0. The van der Waals surface area contributed by atoms with Gasteiger partial charge in [0.1, 0.15) is 19.7 Å². The summed E-state index contributed by atoms with van der Waals surface area (Å²) in [5.41, 5.74) is 6.40. The molecule has 0 N–H and O–H groups in total. The minimum atomic E-state index is 1.26. The SMILES string of the molecule is Cc1cccc(-c2ccc(C)[n+](C)c2C)[n+]1C. The fourth-order valence-corrected chi connectivity index (χ4v) is 2.11. The van der Waals surface area contributed by atoms with Crippen LogP contribution in [0.3, 0.4) is 0 Å². The number of aryl methyl sites for hydroxylation is 2. The molecule has 0 atom stereocenters. The Balaban J connectivity index is 2.69. The smallest absolute Gasteiger partial charge is 0.202 e. The van der Waals surface area contributed by atoms with E-state index in [1.807, 2.05) is 0 Å². The molecule has 0 aromatic carbocycles. The maximum atomic E-state index is 2.23. The average molecular weight is 228 g/mol. The number of nitrogens with zero attached hydrogens (tertiary/aromatic N) is 2. The normalized spacial score (nSPS) is 10.6. The van der Waals surface area contributed by atoms with Crippen molar-refractivity contribution >= 4 is 0 Å². The second-order valence-electron chi connectivity index (χ2n) is 4.64. The molecule has 2 aromatic rings. The molecular weight excluding hydrogens is 208 g/mol. The van der Waals surface area contributed by atoms with Gasteiger partial charge in [0.2, 0.25) is 5.69 Å². The molecule has 0 unspecified atom stereocenters. The fourth-order valence-electron chi connectivity index (χ4n) is 2.11. The van der Waals surface area contributed by atoms with E-state index >= 15 is 0 Å². The van der Waals surface area contributed by atoms with Crippen LogP contribution in [0, 0.1) is 20.8 Å². The van der Waals surface area contributed by atoms with Crippen LogP contribution in [0.15, 0.2) is 30.3 Å². The van der Waals surface area contributed by atoms with Crippen LogP contribution in [0.25, 0.3) is 11.3 Å². The summed E-state index contributed by atoms with van der Waals surface area (Å²) in [7, 11) is 4.23. The van der Waals surface area contributed by atoms with Crippen molar-refractivity contribution in [3.05, 3.63) is 47.4 Å². The molecule has 2 aromatic heterocycles. The molecule has 17 heavy (non-hydrogen) atoms. The van der Waals surface area contributed by atoms with Crippen LogP contribution in [0.1, 0.15) is 17.1 Å². The number of hydrogen-bond acceptors (Lipinski definition) is 0. The zero-order chi connectivity index (χ0) is 12.6. The van der Waals surface area contributed by atoms with Crippen molar-refractivity contribution in [3.63, 3.8) is 0 Å². The molecular formula is C15H20N2+2. The van der Waals surface area contributed by atoms with Crippen molar-refractivity contribution in [2.75, 3.05) is 0 Å². The van der Waals surface area contributed by atoms with Crippen LogP contribution >= 0.6 is 0 Å². The van der Waals surface area contributed by atoms with Crippen LogP contribution in [0.4, 0.5) is 0 Å². The van der Waals surface area contributed by atoms with Crippen LogP contribution in [0.2, 0.25) is 0 Å². The standard InChI is InChI=1S/C15H20N2/c1-11-7-6-8-15(17(11)5)14-10-9-12(2)16(4)13(14)3/h6-10H,1-5H3/q+2. The van der Waals surface area contributed by atoms with Gasteiger partial charge in [-0.1, -0.05) is 0 Å². The third-order valence-electron chi connectivity index (χ3n) is 3.67. The Morgan fingerprint density at radius 2 is 1.41 bits per heavy atom. The molecule has 0 aliphatic heterocycles. The second kappa shape index (κ2) is 4.28. The first-order valence-electron chi connectivity index (χ1n) is 5.94. The van der Waals surface area contributed by atoms with Crippen molar-refractivity contribution in [3.8, 4) is 11.3 Å². The van der Waals surface area contributed by atoms with Gasteiger partial charge >= 0.3 is 0 Å². The topological polar surface area (TPSA) is 7.76 Å². The van der Waals surface area contributed by atoms with Crippen molar-refractivity contribution in [1.82, 2.24) is 0 Å². The molecule has 0 saturated heterocycles. The van der Waals surface area contributed by atoms with Crippen LogP contribution in [-0.4, -0.2) is 0 Å². The lowest BCUT2D eigenvalue weighted by Crippen LogP contribution is -2.39. The molecule has 0 aliphatic carbocycles. The van der Waals surface area contributed by atoms with Gasteiger partial charge in [0, 0.05) is 39.0 Å². The van der Waals surface area contributed by atoms with Gasteiger partial charge in [-0.15, -0.1) is 0 Å². The van der Waals surface area contributed by atoms with E-state index in [0.29, 0.717) is 0 Å². The van der Waals surface area contributed by atoms with E-state index in [1.165, 1.54) is 28.3 Å². The Morgan fingerprint density at radius 1 is 0.765 bits per heavy atom. The zero-order valence-corrected chi connectivity index (χ0v) is 11.3. The number of rotatable bonds is 1. The Labute approximate surface area is 103 Å². The van der Waals surface area contributed by atoms with Crippen molar-refractivity contribution < 1.29 is 9.13 Å². The zero-order valence-electron chi connectivity index (χ0n) is 11.3. The highest BCUT2D eigenvalue weighted by Gasteiger charge is 2.19. The first-order chi connectivity index (χ1) is 8.02. The van der Waals surface area contributed by atoms with Gasteiger partial charge in [0.25, 0.3) is 0 Å². The fraction of sp³-hybridized carbons (Fsp3) is 0.333. The summed E-state index contributed by atoms with van der Waals surface area (Å²) in [5.74, 6) is 0. The summed E-state index contributed by atoms with van der Waals surface area (Å²) in [4.78, 5) is 0. The van der Waals surface area contributed by atoms with E-state index in [9.17, 15) is 0 Å². The number of pyridine rings is 2. The van der Waals surface area contributed by atoms with Gasteiger partial charge in [0.05, 0.1) is 0 Å². The monoisotopic (exact) mass is 228 g/mol. The van der Waals surface area contributed by atoms with E-state index < -0.39 is 0 Å². The quantitative estimate of drug-likeness (QED) is 0.659. The van der Waals surface area contributed by atoms with Gasteiger partial charge in [-0.2, -0.15) is 4.57 Å². The van der Waals surface area contributed by atoms with Gasteiger partial charge in [-0.05, 0) is 12.1 Å². The molecule has 0 bridgehead atoms. The van der Waals surface area contributed by atoms with Crippen LogP contribution in [-0.2, 0) is 14.1 Å². The molecule has 88 valence electrons. The maximum absolute atomic E-state index is 2.23. The molecule has 2 heteroatoms. The van der Waals surface area contributed by atoms with Crippen LogP contribution in [0.5, 0.6) is 0 Å². The lowest BCUT2D eigenvalue weighted by molar-refractivity contribution is -0.685. The predicted molar refractivity (Wildman–Crippen MR) is 68.4 cm³/mol. The van der Waals surface area contributed by atoms with Crippen molar-refractivity contribution in [1.29, 1.82) is 0 Å². The van der Waals surface area contributed by atoms with Gasteiger partial charge in [-0.3, -0.25) is 0 Å².